The van der Waals surface area contributed by atoms with E-state index >= 15 is 0 Å². The summed E-state index contributed by atoms with van der Waals surface area (Å²) in [4.78, 5) is 22.4. The highest BCUT2D eigenvalue weighted by Crippen LogP contribution is 2.06. The molecule has 0 atom stereocenters. The number of aromatic nitrogens is 1. The molecule has 0 N–H and O–H groups in total. The average molecular weight is 193 g/mol. The van der Waals surface area contributed by atoms with Crippen molar-refractivity contribution >= 4 is 22.2 Å². The van der Waals surface area contributed by atoms with Gasteiger partial charge in [0.15, 0.2) is 0 Å². The first-order valence-corrected chi connectivity index (χ1v) is 4.60. The lowest BCUT2D eigenvalue weighted by molar-refractivity contribution is 0.931. The van der Waals surface area contributed by atoms with Gasteiger partial charge in [-0.2, -0.15) is 0 Å². The van der Waals surface area contributed by atoms with E-state index in [0.717, 1.165) is 11.3 Å². The van der Waals surface area contributed by atoms with Crippen molar-refractivity contribution in [2.24, 2.45) is 7.05 Å². The van der Waals surface area contributed by atoms with Gasteiger partial charge in [-0.05, 0) is 23.5 Å². The molecule has 0 bridgehead atoms. The molecule has 1 aromatic heterocycles. The van der Waals surface area contributed by atoms with E-state index in [2.05, 4.69) is 0 Å². The fourth-order valence-corrected chi connectivity index (χ4v) is 1.92. The second kappa shape index (κ2) is 2.81. The standard InChI is InChI=1S/C9H7NO2S/c1-10-7-5-3-2-4-6(7)8(11)13-9(10)12/h2-5H,1H3. The molecule has 0 saturated heterocycles. The number of fused-ring (bicyclic) bond motifs is 1. The lowest BCUT2D eigenvalue weighted by Gasteiger charge is -2.00. The van der Waals surface area contributed by atoms with Crippen LogP contribution in [0.15, 0.2) is 33.9 Å². The summed E-state index contributed by atoms with van der Waals surface area (Å²) in [6, 6.07) is 7.10. The zero-order valence-corrected chi connectivity index (χ0v) is 7.80. The molecule has 1 heterocycles. The molecule has 0 saturated carbocycles. The fraction of sp³-hybridized carbons (Fsp3) is 0.111. The number of hydrogen-bond acceptors (Lipinski definition) is 3. The van der Waals surface area contributed by atoms with E-state index in [1.807, 2.05) is 6.07 Å². The third kappa shape index (κ3) is 1.19. The van der Waals surface area contributed by atoms with E-state index in [1.165, 1.54) is 4.57 Å². The number of rotatable bonds is 0. The molecule has 0 unspecified atom stereocenters. The van der Waals surface area contributed by atoms with E-state index in [0.29, 0.717) is 10.9 Å². The Bertz CT molecular complexity index is 568. The highest BCUT2D eigenvalue weighted by atomic mass is 32.1. The molecule has 1 aromatic carbocycles. The van der Waals surface area contributed by atoms with Gasteiger partial charge in [0.25, 0.3) is 0 Å². The minimum Gasteiger partial charge on any atom is -0.302 e. The van der Waals surface area contributed by atoms with Crippen molar-refractivity contribution in [2.45, 2.75) is 0 Å². The van der Waals surface area contributed by atoms with Crippen LogP contribution in [-0.4, -0.2) is 4.57 Å². The van der Waals surface area contributed by atoms with Crippen LogP contribution in [-0.2, 0) is 7.05 Å². The SMILES string of the molecule is Cn1c(=O)sc(=O)c2ccccc21. The van der Waals surface area contributed by atoms with Gasteiger partial charge >= 0.3 is 4.87 Å². The van der Waals surface area contributed by atoms with Gasteiger partial charge in [-0.15, -0.1) is 0 Å². The first kappa shape index (κ1) is 8.19. The van der Waals surface area contributed by atoms with Crippen molar-refractivity contribution in [2.75, 3.05) is 0 Å². The Labute approximate surface area is 77.9 Å². The van der Waals surface area contributed by atoms with Crippen LogP contribution in [0.2, 0.25) is 0 Å². The highest BCUT2D eigenvalue weighted by molar-refractivity contribution is 7.07. The third-order valence-corrected chi connectivity index (χ3v) is 2.79. The zero-order valence-electron chi connectivity index (χ0n) is 6.98. The molecule has 0 radical (unpaired) electrons. The summed E-state index contributed by atoms with van der Waals surface area (Å²) in [5.41, 5.74) is 0.691. The van der Waals surface area contributed by atoms with Crippen LogP contribution in [0.25, 0.3) is 10.9 Å². The Morgan fingerprint density at radius 3 is 2.69 bits per heavy atom. The largest absolute Gasteiger partial charge is 0.310 e. The summed E-state index contributed by atoms with van der Waals surface area (Å²) < 4.78 is 1.32. The molecule has 0 fully saturated rings. The zero-order chi connectivity index (χ0) is 9.42. The topological polar surface area (TPSA) is 39.1 Å². The number of benzene rings is 1. The second-order valence-corrected chi connectivity index (χ2v) is 3.66. The van der Waals surface area contributed by atoms with Crippen LogP contribution >= 0.6 is 11.3 Å². The van der Waals surface area contributed by atoms with Crippen LogP contribution < -0.4 is 9.62 Å². The summed E-state index contributed by atoms with van der Waals surface area (Å²) in [6.07, 6.45) is 0. The second-order valence-electron chi connectivity index (χ2n) is 2.73. The van der Waals surface area contributed by atoms with Crippen LogP contribution in [0.1, 0.15) is 0 Å². The van der Waals surface area contributed by atoms with Gasteiger partial charge in [-0.25, -0.2) is 0 Å². The Morgan fingerprint density at radius 1 is 1.23 bits per heavy atom. The van der Waals surface area contributed by atoms with Crippen molar-refractivity contribution in [3.8, 4) is 0 Å². The van der Waals surface area contributed by atoms with E-state index in [9.17, 15) is 9.59 Å². The highest BCUT2D eigenvalue weighted by Gasteiger charge is 2.02. The smallest absolute Gasteiger partial charge is 0.302 e. The maximum absolute atomic E-state index is 11.4. The van der Waals surface area contributed by atoms with E-state index in [4.69, 9.17) is 0 Å². The predicted molar refractivity (Wildman–Crippen MR) is 53.3 cm³/mol. The maximum Gasteiger partial charge on any atom is 0.310 e. The Balaban J connectivity index is 3.15. The maximum atomic E-state index is 11.4. The molecule has 66 valence electrons. The van der Waals surface area contributed by atoms with Crippen molar-refractivity contribution in [3.05, 3.63) is 43.5 Å². The molecule has 3 nitrogen and oxygen atoms in total. The Kier molecular flexibility index (Phi) is 1.77. The predicted octanol–water partition coefficient (Wildman–Crippen LogP) is 0.960. The minimum atomic E-state index is -0.219. The monoisotopic (exact) mass is 193 g/mol. The van der Waals surface area contributed by atoms with E-state index in [1.54, 1.807) is 25.2 Å². The summed E-state index contributed by atoms with van der Waals surface area (Å²) in [6.45, 7) is 0. The lowest BCUT2D eigenvalue weighted by atomic mass is 10.2. The number of nitrogens with zero attached hydrogens (tertiary/aromatic N) is 1. The lowest BCUT2D eigenvalue weighted by Crippen LogP contribution is -2.18. The van der Waals surface area contributed by atoms with E-state index < -0.39 is 0 Å². The van der Waals surface area contributed by atoms with Crippen LogP contribution in [0, 0.1) is 0 Å². The van der Waals surface area contributed by atoms with Crippen molar-refractivity contribution in [1.82, 2.24) is 4.57 Å². The third-order valence-electron chi connectivity index (χ3n) is 1.94. The number of aryl methyl sites for hydroxylation is 1. The quantitative estimate of drug-likeness (QED) is 0.625. The minimum absolute atomic E-state index is 0.168. The molecule has 0 spiro atoms. The van der Waals surface area contributed by atoms with Gasteiger partial charge < -0.3 is 4.57 Å². The molecule has 0 aliphatic heterocycles. The van der Waals surface area contributed by atoms with Crippen molar-refractivity contribution in [3.63, 3.8) is 0 Å². The molecule has 2 aromatic rings. The van der Waals surface area contributed by atoms with Crippen LogP contribution in [0.3, 0.4) is 0 Å². The Morgan fingerprint density at radius 2 is 1.92 bits per heavy atom. The van der Waals surface area contributed by atoms with Gasteiger partial charge in [-0.3, -0.25) is 9.59 Å². The van der Waals surface area contributed by atoms with Crippen LogP contribution in [0.4, 0.5) is 0 Å². The summed E-state index contributed by atoms with van der Waals surface area (Å²) in [5, 5.41) is 0.606. The van der Waals surface area contributed by atoms with Gasteiger partial charge in [0.2, 0.25) is 4.74 Å². The summed E-state index contributed by atoms with van der Waals surface area (Å²) in [5.74, 6) is 0. The number of para-hydroxylation sites is 1. The molecule has 2 rings (SSSR count). The Hall–Kier alpha value is -1.42. The summed E-state index contributed by atoms with van der Waals surface area (Å²) >= 11 is 0.740. The van der Waals surface area contributed by atoms with Gasteiger partial charge in [0.1, 0.15) is 0 Å². The first-order chi connectivity index (χ1) is 6.20. The van der Waals surface area contributed by atoms with E-state index in [-0.39, 0.29) is 9.62 Å². The van der Waals surface area contributed by atoms with Crippen molar-refractivity contribution in [1.29, 1.82) is 0 Å². The van der Waals surface area contributed by atoms with Gasteiger partial charge in [0, 0.05) is 7.05 Å². The molecule has 13 heavy (non-hydrogen) atoms. The van der Waals surface area contributed by atoms with Gasteiger partial charge in [-0.1, -0.05) is 12.1 Å². The molecule has 0 amide bonds. The van der Waals surface area contributed by atoms with Crippen molar-refractivity contribution < 1.29 is 0 Å². The fourth-order valence-electron chi connectivity index (χ4n) is 1.24. The van der Waals surface area contributed by atoms with Crippen LogP contribution in [0.5, 0.6) is 0 Å². The number of hydrogen-bond donors (Lipinski definition) is 0. The normalized spacial score (nSPS) is 10.5. The molecular formula is C9H7NO2S. The molecule has 0 aliphatic carbocycles. The molecular weight excluding hydrogens is 186 g/mol. The van der Waals surface area contributed by atoms with Gasteiger partial charge in [0.05, 0.1) is 10.9 Å². The summed E-state index contributed by atoms with van der Waals surface area (Å²) in [7, 11) is 1.67. The first-order valence-electron chi connectivity index (χ1n) is 3.79. The molecule has 4 heteroatoms. The average Bonchev–Trinajstić information content (AvgIpc) is 2.15. The molecule has 0 aliphatic rings.